The molecule has 2 heterocycles. The summed E-state index contributed by atoms with van der Waals surface area (Å²) < 4.78 is 7.80. The Hall–Kier alpha value is -3.60. The smallest absolute Gasteiger partial charge is 0.354 e. The van der Waals surface area contributed by atoms with Gasteiger partial charge in [-0.05, 0) is 48.9 Å². The van der Waals surface area contributed by atoms with E-state index in [0.717, 1.165) is 27.9 Å². The van der Waals surface area contributed by atoms with Crippen LogP contribution in [0.25, 0.3) is 22.2 Å². The van der Waals surface area contributed by atoms with Gasteiger partial charge >= 0.3 is 5.97 Å². The van der Waals surface area contributed by atoms with E-state index < -0.39 is 5.97 Å². The number of aromatic carboxylic acids is 1. The Morgan fingerprint density at radius 1 is 1.04 bits per heavy atom. The number of carboxylic acid groups (broad SMARTS) is 1. The van der Waals surface area contributed by atoms with Crippen LogP contribution in [0.15, 0.2) is 72.8 Å². The highest BCUT2D eigenvalue weighted by molar-refractivity contribution is 5.88. The Kier molecular flexibility index (Phi) is 4.81. The van der Waals surface area contributed by atoms with Gasteiger partial charge in [-0.2, -0.15) is 0 Å². The van der Waals surface area contributed by atoms with Crippen LogP contribution in [-0.2, 0) is 6.54 Å². The molecular weight excluding hydrogens is 352 g/mol. The van der Waals surface area contributed by atoms with Gasteiger partial charge in [0.1, 0.15) is 11.4 Å². The van der Waals surface area contributed by atoms with Crippen molar-refractivity contribution >= 4 is 16.9 Å². The molecule has 5 heteroatoms. The number of nitrogens with zero attached hydrogens (tertiary/aromatic N) is 2. The van der Waals surface area contributed by atoms with Crippen molar-refractivity contribution in [3.8, 4) is 17.0 Å². The summed E-state index contributed by atoms with van der Waals surface area (Å²) >= 11 is 0. The van der Waals surface area contributed by atoms with Crippen molar-refractivity contribution in [2.75, 3.05) is 6.61 Å². The highest BCUT2D eigenvalue weighted by Gasteiger charge is 2.13. The summed E-state index contributed by atoms with van der Waals surface area (Å²) in [5.74, 6) is -0.193. The highest BCUT2D eigenvalue weighted by atomic mass is 16.5. The molecule has 4 rings (SSSR count). The van der Waals surface area contributed by atoms with Gasteiger partial charge in [-0.15, -0.1) is 0 Å². The zero-order chi connectivity index (χ0) is 19.5. The van der Waals surface area contributed by atoms with E-state index in [2.05, 4.69) is 27.8 Å². The van der Waals surface area contributed by atoms with Crippen molar-refractivity contribution in [3.63, 3.8) is 0 Å². The van der Waals surface area contributed by atoms with E-state index in [1.54, 1.807) is 6.07 Å². The maximum atomic E-state index is 11.3. The Bertz CT molecular complexity index is 1130. The Labute approximate surface area is 162 Å². The van der Waals surface area contributed by atoms with Gasteiger partial charge in [-0.3, -0.25) is 0 Å². The van der Waals surface area contributed by atoms with E-state index >= 15 is 0 Å². The fraction of sp³-hybridized carbons (Fsp3) is 0.130. The molecule has 4 aromatic rings. The number of rotatable bonds is 6. The standard InChI is InChI=1S/C23H20N2O3/c1-2-28-19-11-12-21-17(13-19)14-22(16-7-4-3-5-8-16)25(21)15-18-9-6-10-20(24-18)23(26)27/h3-14H,2,15H2,1H3,(H,26,27). The molecule has 1 N–H and O–H groups in total. The molecule has 0 amide bonds. The largest absolute Gasteiger partial charge is 0.494 e. The quantitative estimate of drug-likeness (QED) is 0.525. The third-order valence-corrected chi connectivity index (χ3v) is 4.60. The third-order valence-electron chi connectivity index (χ3n) is 4.60. The van der Waals surface area contributed by atoms with E-state index in [0.29, 0.717) is 18.8 Å². The average molecular weight is 372 g/mol. The van der Waals surface area contributed by atoms with Crippen LogP contribution in [0.4, 0.5) is 0 Å². The van der Waals surface area contributed by atoms with Crippen LogP contribution >= 0.6 is 0 Å². The van der Waals surface area contributed by atoms with Crippen molar-refractivity contribution < 1.29 is 14.6 Å². The Balaban J connectivity index is 1.85. The molecule has 0 aliphatic rings. The van der Waals surface area contributed by atoms with Gasteiger partial charge in [0.25, 0.3) is 0 Å². The molecule has 0 fully saturated rings. The van der Waals surface area contributed by atoms with Crippen molar-refractivity contribution in [3.05, 3.63) is 84.2 Å². The summed E-state index contributed by atoms with van der Waals surface area (Å²) in [7, 11) is 0. The van der Waals surface area contributed by atoms with E-state index in [1.165, 1.54) is 6.07 Å². The van der Waals surface area contributed by atoms with Crippen LogP contribution in [0.2, 0.25) is 0 Å². The molecule has 2 aromatic carbocycles. The predicted molar refractivity (Wildman–Crippen MR) is 109 cm³/mol. The monoisotopic (exact) mass is 372 g/mol. The first kappa shape index (κ1) is 17.8. The molecule has 0 aliphatic carbocycles. The van der Waals surface area contributed by atoms with E-state index in [-0.39, 0.29) is 5.69 Å². The molecule has 0 radical (unpaired) electrons. The summed E-state index contributed by atoms with van der Waals surface area (Å²) in [6.07, 6.45) is 0. The first-order chi connectivity index (χ1) is 13.7. The number of aromatic nitrogens is 2. The Morgan fingerprint density at radius 2 is 1.86 bits per heavy atom. The number of hydrogen-bond acceptors (Lipinski definition) is 3. The summed E-state index contributed by atoms with van der Waals surface area (Å²) in [5, 5.41) is 10.3. The topological polar surface area (TPSA) is 64.3 Å². The maximum Gasteiger partial charge on any atom is 0.354 e. The minimum Gasteiger partial charge on any atom is -0.494 e. The maximum absolute atomic E-state index is 11.3. The second kappa shape index (κ2) is 7.56. The minimum absolute atomic E-state index is 0.0499. The lowest BCUT2D eigenvalue weighted by Crippen LogP contribution is -2.07. The zero-order valence-corrected chi connectivity index (χ0v) is 15.5. The number of benzene rings is 2. The molecule has 0 atom stereocenters. The summed E-state index contributed by atoms with van der Waals surface area (Å²) in [5.41, 5.74) is 3.93. The van der Waals surface area contributed by atoms with E-state index in [4.69, 9.17) is 4.74 Å². The number of ether oxygens (including phenoxy) is 1. The second-order valence-electron chi connectivity index (χ2n) is 6.45. The Morgan fingerprint density at radius 3 is 2.61 bits per heavy atom. The number of pyridine rings is 1. The lowest BCUT2D eigenvalue weighted by molar-refractivity contribution is 0.0690. The first-order valence-corrected chi connectivity index (χ1v) is 9.16. The van der Waals surface area contributed by atoms with Crippen LogP contribution in [0.3, 0.4) is 0 Å². The van der Waals surface area contributed by atoms with Crippen LogP contribution in [0.5, 0.6) is 5.75 Å². The molecule has 2 aromatic heterocycles. The fourth-order valence-corrected chi connectivity index (χ4v) is 3.37. The minimum atomic E-state index is -1.02. The SMILES string of the molecule is CCOc1ccc2c(c1)cc(-c1ccccc1)n2Cc1cccc(C(=O)O)n1. The molecule has 0 saturated carbocycles. The highest BCUT2D eigenvalue weighted by Crippen LogP contribution is 2.31. The van der Waals surface area contributed by atoms with Crippen molar-refractivity contribution in [1.82, 2.24) is 9.55 Å². The van der Waals surface area contributed by atoms with Gasteiger partial charge in [0.15, 0.2) is 0 Å². The van der Waals surface area contributed by atoms with Crippen molar-refractivity contribution in [2.24, 2.45) is 0 Å². The zero-order valence-electron chi connectivity index (χ0n) is 15.5. The first-order valence-electron chi connectivity index (χ1n) is 9.16. The van der Waals surface area contributed by atoms with Crippen molar-refractivity contribution in [1.29, 1.82) is 0 Å². The number of hydrogen-bond donors (Lipinski definition) is 1. The molecular formula is C23H20N2O3. The molecule has 5 nitrogen and oxygen atoms in total. The van der Waals surface area contributed by atoms with Gasteiger partial charge < -0.3 is 14.4 Å². The second-order valence-corrected chi connectivity index (χ2v) is 6.45. The summed E-state index contributed by atoms with van der Waals surface area (Å²) in [6, 6.07) is 23.4. The predicted octanol–water partition coefficient (Wildman–Crippen LogP) is 4.85. The van der Waals surface area contributed by atoms with Crippen LogP contribution in [-0.4, -0.2) is 27.2 Å². The van der Waals surface area contributed by atoms with Gasteiger partial charge in [-0.1, -0.05) is 36.4 Å². The molecule has 28 heavy (non-hydrogen) atoms. The molecule has 0 aliphatic heterocycles. The van der Waals surface area contributed by atoms with Crippen LogP contribution in [0, 0.1) is 0 Å². The van der Waals surface area contributed by atoms with E-state index in [1.807, 2.05) is 49.4 Å². The van der Waals surface area contributed by atoms with Crippen LogP contribution < -0.4 is 4.74 Å². The molecule has 0 unspecified atom stereocenters. The number of carboxylic acids is 1. The molecule has 0 saturated heterocycles. The van der Waals surface area contributed by atoms with Crippen LogP contribution in [0.1, 0.15) is 23.1 Å². The average Bonchev–Trinajstić information content (AvgIpc) is 3.07. The molecule has 0 bridgehead atoms. The summed E-state index contributed by atoms with van der Waals surface area (Å²) in [4.78, 5) is 15.6. The van der Waals surface area contributed by atoms with Gasteiger partial charge in [0, 0.05) is 16.6 Å². The fourth-order valence-electron chi connectivity index (χ4n) is 3.37. The van der Waals surface area contributed by atoms with E-state index in [9.17, 15) is 9.90 Å². The van der Waals surface area contributed by atoms with Gasteiger partial charge in [0.05, 0.1) is 18.8 Å². The third kappa shape index (κ3) is 3.47. The lowest BCUT2D eigenvalue weighted by Gasteiger charge is -2.11. The molecule has 140 valence electrons. The van der Waals surface area contributed by atoms with Gasteiger partial charge in [-0.25, -0.2) is 9.78 Å². The summed E-state index contributed by atoms with van der Waals surface area (Å²) in [6.45, 7) is 3.05. The molecule has 0 spiro atoms. The number of carbonyl (C=O) groups is 1. The number of fused-ring (bicyclic) bond motifs is 1. The lowest BCUT2D eigenvalue weighted by atomic mass is 10.1. The van der Waals surface area contributed by atoms with Crippen molar-refractivity contribution in [2.45, 2.75) is 13.5 Å². The van der Waals surface area contributed by atoms with Gasteiger partial charge in [0.2, 0.25) is 0 Å². The normalized spacial score (nSPS) is 10.9.